The Morgan fingerprint density at radius 2 is 1.12 bits per heavy atom. The third-order valence-corrected chi connectivity index (χ3v) is 15.1. The molecule has 6 atom stereocenters. The van der Waals surface area contributed by atoms with E-state index in [1.165, 1.54) is 83.7 Å². The first kappa shape index (κ1) is 73.6. The van der Waals surface area contributed by atoms with Crippen LogP contribution < -0.4 is 65.2 Å². The number of aliphatic imine (C=N–C) groups is 1. The molecule has 0 radical (unpaired) electrons. The minimum atomic E-state index is -1.36. The second-order valence-electron chi connectivity index (χ2n) is 22.7. The summed E-state index contributed by atoms with van der Waals surface area (Å²) >= 11 is 0. The molecule has 26 heteroatoms. The molecule has 4 aromatic rings. The topological polar surface area (TPSA) is 409 Å². The number of aromatic nitrogens is 3. The van der Waals surface area contributed by atoms with E-state index in [1.54, 1.807) is 36.5 Å². The van der Waals surface area contributed by atoms with Gasteiger partial charge in [0.15, 0.2) is 5.96 Å². The number of H-pyrrole nitrogens is 2. The van der Waals surface area contributed by atoms with E-state index < -0.39 is 83.5 Å². The number of carbonyl (C=O) groups is 9. The number of primary amides is 1. The van der Waals surface area contributed by atoms with Gasteiger partial charge in [0, 0.05) is 74.3 Å². The maximum Gasteiger partial charge on any atom is 0.264 e. The number of hydrogen-bond donors (Lipinski definition) is 14. The van der Waals surface area contributed by atoms with Crippen LogP contribution in [0.1, 0.15) is 166 Å². The van der Waals surface area contributed by atoms with Gasteiger partial charge in [0.25, 0.3) is 5.91 Å². The number of fused-ring (bicyclic) bond motifs is 1. The number of hydrogen-bond acceptors (Lipinski definition) is 13. The van der Waals surface area contributed by atoms with Crippen LogP contribution in [0.3, 0.4) is 0 Å². The summed E-state index contributed by atoms with van der Waals surface area (Å²) in [4.78, 5) is 135. The highest BCUT2D eigenvalue weighted by atomic mass is 16.2. The normalized spacial score (nSPS) is 13.1. The number of nitrogens with one attached hydrogen (secondary N) is 11. The van der Waals surface area contributed by atoms with Crippen molar-refractivity contribution in [2.75, 3.05) is 26.2 Å². The molecule has 2 aromatic carbocycles. The maximum absolute atomic E-state index is 14.5. The van der Waals surface area contributed by atoms with E-state index in [1.807, 2.05) is 31.2 Å². The van der Waals surface area contributed by atoms with Gasteiger partial charge in [0.2, 0.25) is 47.3 Å². The fourth-order valence-electron chi connectivity index (χ4n) is 10.0. The zero-order valence-corrected chi connectivity index (χ0v) is 52.8. The number of hydrazone groups is 1. The van der Waals surface area contributed by atoms with Crippen LogP contribution in [0.2, 0.25) is 0 Å². The highest BCUT2D eigenvalue weighted by Gasteiger charge is 2.33. The second kappa shape index (κ2) is 42.9. The Labute approximate surface area is 528 Å². The molecule has 90 heavy (non-hydrogen) atoms. The second-order valence-corrected chi connectivity index (χ2v) is 22.7. The van der Waals surface area contributed by atoms with Crippen molar-refractivity contribution in [3.8, 4) is 0 Å². The molecule has 0 aliphatic rings. The summed E-state index contributed by atoms with van der Waals surface area (Å²) in [7, 11) is 0. The molecular formula is C64H99N17O9. The number of para-hydroxylation sites is 1. The highest BCUT2D eigenvalue weighted by molar-refractivity contribution is 6.26. The SMILES string of the molecule is CCCCCCCCCCCCCCCC(=O)NCCCNC(=O)/C=N/NCC(=O)N[C@@H](CCCC)C(=O)N[C@@H](C)C(=O)N[C@@H](Cc1cnc[nH]1)C(=O)N[C@H](Cc1ccccc1)C(=O)N[C@@H](CCCN=C(N)N)C(=O)N[C@@H](Cc1c[nH]c2ccccc12)C(N)=O. The van der Waals surface area contributed by atoms with Crippen molar-refractivity contribution in [2.24, 2.45) is 27.3 Å². The lowest BCUT2D eigenvalue weighted by Gasteiger charge is -2.27. The minimum Gasteiger partial charge on any atom is -0.370 e. The standard InChI is InChI=1S/C64H99N17O9/c1-4-6-8-9-10-11-12-13-14-15-16-17-21-32-55(82)69-34-25-35-70-56(83)41-74-75-42-57(84)77-50(29-7-5-2)60(87)76-44(3)59(86)80-54(38-47-40-68-43-73-47)63(90)81-53(36-45-26-19-18-20-27-45)62(89)78-51(31-24-33-71-64(66)67)61(88)79-52(58(65)85)37-46-39-72-49-30-23-22-28-48(46)49/h18-20,22-23,26-28,30,39-41,43-44,50-54,72,75H,4-17,21,24-25,29,31-38,42H2,1-3H3,(H2,65,85)(H,68,73)(H,69,82)(H,70,83)(H,76,87)(H,77,84)(H,78,89)(H,79,88)(H,80,86)(H,81,90)(H4,66,67,71)/b74-41+/t44-,50-,51-,52-,53+,54-/m0/s1. The summed E-state index contributed by atoms with van der Waals surface area (Å²) < 4.78 is 0. The van der Waals surface area contributed by atoms with E-state index in [2.05, 4.69) is 79.9 Å². The highest BCUT2D eigenvalue weighted by Crippen LogP contribution is 2.20. The maximum atomic E-state index is 14.5. The first-order valence-corrected chi connectivity index (χ1v) is 32.0. The molecule has 9 amide bonds. The number of rotatable bonds is 47. The molecule has 4 rings (SSSR count). The van der Waals surface area contributed by atoms with Crippen LogP contribution in [0.15, 0.2) is 83.4 Å². The number of aromatic amines is 2. The van der Waals surface area contributed by atoms with Crippen LogP contribution in [-0.2, 0) is 62.4 Å². The summed E-state index contributed by atoms with van der Waals surface area (Å²) in [6, 6.07) is 8.73. The minimum absolute atomic E-state index is 0.000461. The van der Waals surface area contributed by atoms with Crippen molar-refractivity contribution in [3.63, 3.8) is 0 Å². The van der Waals surface area contributed by atoms with Gasteiger partial charge in [-0.25, -0.2) is 4.98 Å². The van der Waals surface area contributed by atoms with E-state index in [0.29, 0.717) is 50.0 Å². The van der Waals surface area contributed by atoms with Crippen LogP contribution >= 0.6 is 0 Å². The molecule has 2 aromatic heterocycles. The Morgan fingerprint density at radius 1 is 0.556 bits per heavy atom. The van der Waals surface area contributed by atoms with Crippen molar-refractivity contribution in [1.29, 1.82) is 0 Å². The number of carbonyl (C=O) groups excluding carboxylic acids is 9. The molecule has 0 unspecified atom stereocenters. The Bertz CT molecular complexity index is 2880. The molecule has 2 heterocycles. The van der Waals surface area contributed by atoms with Crippen molar-refractivity contribution < 1.29 is 43.2 Å². The Morgan fingerprint density at radius 3 is 1.78 bits per heavy atom. The number of guanidine groups is 1. The van der Waals surface area contributed by atoms with Gasteiger partial charge >= 0.3 is 0 Å². The zero-order valence-electron chi connectivity index (χ0n) is 52.8. The lowest BCUT2D eigenvalue weighted by molar-refractivity contribution is -0.135. The van der Waals surface area contributed by atoms with E-state index in [0.717, 1.165) is 41.9 Å². The van der Waals surface area contributed by atoms with Crippen LogP contribution in [0.4, 0.5) is 0 Å². The third kappa shape index (κ3) is 29.9. The summed E-state index contributed by atoms with van der Waals surface area (Å²) in [5.41, 5.74) is 22.1. The quantitative estimate of drug-likeness (QED) is 0.0131. The predicted molar refractivity (Wildman–Crippen MR) is 348 cm³/mol. The van der Waals surface area contributed by atoms with Crippen LogP contribution in [0, 0.1) is 0 Å². The zero-order chi connectivity index (χ0) is 65.3. The van der Waals surface area contributed by atoms with E-state index in [-0.39, 0.29) is 63.5 Å². The lowest BCUT2D eigenvalue weighted by Crippen LogP contribution is -2.60. The molecule has 0 saturated carbocycles. The van der Waals surface area contributed by atoms with Crippen LogP contribution in [0.25, 0.3) is 10.9 Å². The monoisotopic (exact) mass is 1250 g/mol. The Balaban J connectivity index is 1.30. The summed E-state index contributed by atoms with van der Waals surface area (Å²) in [6.45, 7) is 5.99. The number of unbranched alkanes of at least 4 members (excludes halogenated alkanes) is 13. The predicted octanol–water partition coefficient (Wildman–Crippen LogP) is 3.26. The average molecular weight is 1250 g/mol. The molecule has 0 aliphatic heterocycles. The molecule has 26 nitrogen and oxygen atoms in total. The van der Waals surface area contributed by atoms with Crippen molar-refractivity contribution >= 4 is 76.2 Å². The molecule has 0 fully saturated rings. The number of imidazole rings is 1. The molecular weight excluding hydrogens is 1150 g/mol. The number of nitrogens with two attached hydrogens (primary N) is 3. The number of nitrogens with zero attached hydrogens (tertiary/aromatic N) is 3. The van der Waals surface area contributed by atoms with E-state index >= 15 is 0 Å². The van der Waals surface area contributed by atoms with Gasteiger partial charge in [-0.1, -0.05) is 152 Å². The fourth-order valence-corrected chi connectivity index (χ4v) is 10.0. The van der Waals surface area contributed by atoms with Crippen LogP contribution in [0.5, 0.6) is 0 Å². The summed E-state index contributed by atoms with van der Waals surface area (Å²) in [6.07, 6.45) is 24.2. The van der Waals surface area contributed by atoms with Gasteiger partial charge in [0.1, 0.15) is 49.0 Å². The van der Waals surface area contributed by atoms with Crippen LogP contribution in [-0.4, -0.2) is 143 Å². The summed E-state index contributed by atoms with van der Waals surface area (Å²) in [5.74, 6) is -5.88. The molecule has 494 valence electrons. The average Bonchev–Trinajstić information content (AvgIpc) is 2.13. The molecule has 17 N–H and O–H groups in total. The summed E-state index contributed by atoms with van der Waals surface area (Å²) in [5, 5.41) is 26.4. The third-order valence-electron chi connectivity index (χ3n) is 15.1. The van der Waals surface area contributed by atoms with Gasteiger partial charge in [-0.2, -0.15) is 5.10 Å². The van der Waals surface area contributed by atoms with Gasteiger partial charge in [-0.3, -0.25) is 48.1 Å². The molecule has 0 bridgehead atoms. The van der Waals surface area contributed by atoms with Gasteiger partial charge in [0.05, 0.1) is 6.33 Å². The molecule has 0 aliphatic carbocycles. The van der Waals surface area contributed by atoms with Crippen molar-refractivity contribution in [3.05, 3.63) is 90.1 Å². The Kier molecular flexibility index (Phi) is 35.1. The lowest BCUT2D eigenvalue weighted by atomic mass is 10.0. The number of amides is 9. The molecule has 0 saturated heterocycles. The van der Waals surface area contributed by atoms with Gasteiger partial charge in [-0.05, 0) is 56.2 Å². The molecule has 0 spiro atoms. The fraction of sp³-hybridized carbons (Fsp3) is 0.562. The largest absolute Gasteiger partial charge is 0.370 e. The van der Waals surface area contributed by atoms with E-state index in [9.17, 15) is 43.2 Å². The van der Waals surface area contributed by atoms with E-state index in [4.69, 9.17) is 17.2 Å². The Hall–Kier alpha value is -8.84. The first-order valence-electron chi connectivity index (χ1n) is 32.0. The first-order chi connectivity index (χ1) is 43.5. The van der Waals surface area contributed by atoms with Gasteiger partial charge in [-0.15, -0.1) is 0 Å². The number of benzene rings is 2. The van der Waals surface area contributed by atoms with Crippen molar-refractivity contribution in [1.82, 2.24) is 62.9 Å². The van der Waals surface area contributed by atoms with Crippen molar-refractivity contribution in [2.45, 2.75) is 205 Å². The van der Waals surface area contributed by atoms with Gasteiger partial charge < -0.3 is 75.1 Å². The smallest absolute Gasteiger partial charge is 0.264 e.